The molecule has 1 heterocycles. The Morgan fingerprint density at radius 1 is 0.885 bits per heavy atom. The van der Waals surface area contributed by atoms with Gasteiger partial charge >= 0.3 is 0 Å². The van der Waals surface area contributed by atoms with E-state index in [1.54, 1.807) is 0 Å². The average Bonchev–Trinajstić information content (AvgIpc) is 2.69. The standard InChI is InChI=1S/C21H27N3O2/c25-21(18-26-20-9-5-2-6-10-20)22-11-12-23-13-15-24(16-14-23)17-19-7-3-1-4-8-19/h1-10H,11-18H2,(H,22,25). The van der Waals surface area contributed by atoms with Crippen molar-refractivity contribution in [3.8, 4) is 5.75 Å². The SMILES string of the molecule is O=C(COc1ccccc1)NCCN1CCN(Cc2ccccc2)CC1. The van der Waals surface area contributed by atoms with Gasteiger partial charge in [-0.05, 0) is 17.7 Å². The Bertz CT molecular complexity index is 655. The number of nitrogens with zero attached hydrogens (tertiary/aromatic N) is 2. The molecule has 138 valence electrons. The number of hydrogen-bond acceptors (Lipinski definition) is 4. The fourth-order valence-electron chi connectivity index (χ4n) is 3.08. The van der Waals surface area contributed by atoms with Crippen molar-refractivity contribution in [3.05, 3.63) is 66.2 Å². The Morgan fingerprint density at radius 2 is 1.50 bits per heavy atom. The van der Waals surface area contributed by atoms with Crippen molar-refractivity contribution in [2.24, 2.45) is 0 Å². The number of para-hydroxylation sites is 1. The molecule has 5 heteroatoms. The number of carbonyl (C=O) groups is 1. The number of ether oxygens (including phenoxy) is 1. The van der Waals surface area contributed by atoms with Crippen molar-refractivity contribution in [1.29, 1.82) is 0 Å². The summed E-state index contributed by atoms with van der Waals surface area (Å²) in [6.45, 7) is 6.86. The molecule has 5 nitrogen and oxygen atoms in total. The molecule has 0 aliphatic carbocycles. The van der Waals surface area contributed by atoms with Crippen LogP contribution in [0.4, 0.5) is 0 Å². The maximum Gasteiger partial charge on any atom is 0.257 e. The second-order valence-corrected chi connectivity index (χ2v) is 6.56. The highest BCUT2D eigenvalue weighted by molar-refractivity contribution is 5.77. The molecule has 1 amide bonds. The molecule has 0 radical (unpaired) electrons. The topological polar surface area (TPSA) is 44.8 Å². The molecule has 1 aliphatic heterocycles. The van der Waals surface area contributed by atoms with Gasteiger partial charge in [-0.25, -0.2) is 0 Å². The molecule has 26 heavy (non-hydrogen) atoms. The zero-order valence-electron chi connectivity index (χ0n) is 15.1. The first-order valence-corrected chi connectivity index (χ1v) is 9.23. The third kappa shape index (κ3) is 6.17. The fraction of sp³-hybridized carbons (Fsp3) is 0.381. The van der Waals surface area contributed by atoms with Gasteiger partial charge < -0.3 is 10.1 Å². The quantitative estimate of drug-likeness (QED) is 0.788. The second kappa shape index (κ2) is 9.94. The monoisotopic (exact) mass is 353 g/mol. The Balaban J connectivity index is 1.27. The van der Waals surface area contributed by atoms with E-state index in [1.165, 1.54) is 5.56 Å². The van der Waals surface area contributed by atoms with Crippen LogP contribution >= 0.6 is 0 Å². The summed E-state index contributed by atoms with van der Waals surface area (Å²) in [6, 6.07) is 20.0. The molecule has 1 saturated heterocycles. The summed E-state index contributed by atoms with van der Waals surface area (Å²) >= 11 is 0. The van der Waals surface area contributed by atoms with Gasteiger partial charge in [-0.3, -0.25) is 14.6 Å². The van der Waals surface area contributed by atoms with Gasteiger partial charge in [0, 0.05) is 45.8 Å². The van der Waals surface area contributed by atoms with E-state index < -0.39 is 0 Å². The molecule has 1 N–H and O–H groups in total. The number of amides is 1. The Hall–Kier alpha value is -2.37. The van der Waals surface area contributed by atoms with Crippen LogP contribution in [0.1, 0.15) is 5.56 Å². The van der Waals surface area contributed by atoms with E-state index in [0.717, 1.165) is 45.0 Å². The minimum Gasteiger partial charge on any atom is -0.484 e. The predicted molar refractivity (Wildman–Crippen MR) is 103 cm³/mol. The molecular weight excluding hydrogens is 326 g/mol. The largest absolute Gasteiger partial charge is 0.484 e. The summed E-state index contributed by atoms with van der Waals surface area (Å²) in [5.41, 5.74) is 1.37. The van der Waals surface area contributed by atoms with Crippen molar-refractivity contribution in [2.75, 3.05) is 45.9 Å². The van der Waals surface area contributed by atoms with Crippen molar-refractivity contribution < 1.29 is 9.53 Å². The molecule has 0 spiro atoms. The molecule has 0 aromatic heterocycles. The van der Waals surface area contributed by atoms with Crippen molar-refractivity contribution in [1.82, 2.24) is 15.1 Å². The first-order chi connectivity index (χ1) is 12.8. The van der Waals surface area contributed by atoms with Gasteiger partial charge in [0.1, 0.15) is 5.75 Å². The van der Waals surface area contributed by atoms with Crippen LogP contribution in [-0.4, -0.2) is 61.6 Å². The predicted octanol–water partition coefficient (Wildman–Crippen LogP) is 2.00. The molecular formula is C21H27N3O2. The molecule has 0 atom stereocenters. The summed E-state index contributed by atoms with van der Waals surface area (Å²) in [5.74, 6) is 0.647. The van der Waals surface area contributed by atoms with Crippen LogP contribution < -0.4 is 10.1 Å². The number of benzene rings is 2. The lowest BCUT2D eigenvalue weighted by Gasteiger charge is -2.34. The smallest absolute Gasteiger partial charge is 0.257 e. The van der Waals surface area contributed by atoms with Gasteiger partial charge in [0.15, 0.2) is 6.61 Å². The third-order valence-corrected chi connectivity index (χ3v) is 4.58. The first-order valence-electron chi connectivity index (χ1n) is 9.23. The van der Waals surface area contributed by atoms with E-state index in [0.29, 0.717) is 6.54 Å². The van der Waals surface area contributed by atoms with Crippen molar-refractivity contribution in [2.45, 2.75) is 6.54 Å². The highest BCUT2D eigenvalue weighted by Crippen LogP contribution is 2.08. The fourth-order valence-corrected chi connectivity index (χ4v) is 3.08. The van der Waals surface area contributed by atoms with Gasteiger partial charge in [-0.2, -0.15) is 0 Å². The Kier molecular flexibility index (Phi) is 7.05. The summed E-state index contributed by atoms with van der Waals surface area (Å²) in [6.07, 6.45) is 0. The summed E-state index contributed by atoms with van der Waals surface area (Å²) in [7, 11) is 0. The third-order valence-electron chi connectivity index (χ3n) is 4.58. The molecule has 2 aromatic rings. The number of piperazine rings is 1. The molecule has 1 fully saturated rings. The van der Waals surface area contributed by atoms with Gasteiger partial charge in [0.25, 0.3) is 5.91 Å². The van der Waals surface area contributed by atoms with Crippen LogP contribution in [0.5, 0.6) is 5.75 Å². The van der Waals surface area contributed by atoms with Gasteiger partial charge in [-0.1, -0.05) is 48.5 Å². The lowest BCUT2D eigenvalue weighted by molar-refractivity contribution is -0.123. The van der Waals surface area contributed by atoms with Gasteiger partial charge in [0.05, 0.1) is 0 Å². The van der Waals surface area contributed by atoms with Crippen LogP contribution in [0.25, 0.3) is 0 Å². The number of nitrogens with one attached hydrogen (secondary N) is 1. The van der Waals surface area contributed by atoms with Gasteiger partial charge in [-0.15, -0.1) is 0 Å². The second-order valence-electron chi connectivity index (χ2n) is 6.56. The van der Waals surface area contributed by atoms with Crippen LogP contribution in [0, 0.1) is 0 Å². The maximum atomic E-state index is 11.9. The molecule has 1 aliphatic rings. The number of carbonyl (C=O) groups excluding carboxylic acids is 1. The number of hydrogen-bond donors (Lipinski definition) is 1. The van der Waals surface area contributed by atoms with Crippen LogP contribution in [-0.2, 0) is 11.3 Å². The Morgan fingerprint density at radius 3 is 2.19 bits per heavy atom. The van der Waals surface area contributed by atoms with Gasteiger partial charge in [0.2, 0.25) is 0 Å². The summed E-state index contributed by atoms with van der Waals surface area (Å²) in [4.78, 5) is 16.7. The lowest BCUT2D eigenvalue weighted by Crippen LogP contribution is -2.48. The van der Waals surface area contributed by atoms with Crippen LogP contribution in [0.2, 0.25) is 0 Å². The zero-order chi connectivity index (χ0) is 18.0. The molecule has 3 rings (SSSR count). The van der Waals surface area contributed by atoms with Crippen molar-refractivity contribution in [3.63, 3.8) is 0 Å². The summed E-state index contributed by atoms with van der Waals surface area (Å²) in [5, 5.41) is 2.93. The van der Waals surface area contributed by atoms with Crippen LogP contribution in [0.15, 0.2) is 60.7 Å². The maximum absolute atomic E-state index is 11.9. The Labute approximate surface area is 155 Å². The molecule has 2 aromatic carbocycles. The van der Waals surface area contributed by atoms with E-state index in [9.17, 15) is 4.79 Å². The average molecular weight is 353 g/mol. The molecule has 0 unspecified atom stereocenters. The zero-order valence-corrected chi connectivity index (χ0v) is 15.1. The van der Waals surface area contributed by atoms with E-state index in [-0.39, 0.29) is 12.5 Å². The van der Waals surface area contributed by atoms with Crippen molar-refractivity contribution >= 4 is 5.91 Å². The summed E-state index contributed by atoms with van der Waals surface area (Å²) < 4.78 is 5.45. The minimum absolute atomic E-state index is 0.0644. The molecule has 0 bridgehead atoms. The normalized spacial score (nSPS) is 15.5. The van der Waals surface area contributed by atoms with E-state index >= 15 is 0 Å². The lowest BCUT2D eigenvalue weighted by atomic mass is 10.2. The first kappa shape index (κ1) is 18.4. The number of rotatable bonds is 8. The highest BCUT2D eigenvalue weighted by atomic mass is 16.5. The molecule has 0 saturated carbocycles. The van der Waals surface area contributed by atoms with E-state index in [2.05, 4.69) is 45.4 Å². The highest BCUT2D eigenvalue weighted by Gasteiger charge is 2.16. The van der Waals surface area contributed by atoms with Crippen LogP contribution in [0.3, 0.4) is 0 Å². The van der Waals surface area contributed by atoms with E-state index in [1.807, 2.05) is 30.3 Å². The van der Waals surface area contributed by atoms with E-state index in [4.69, 9.17) is 4.74 Å². The minimum atomic E-state index is -0.0726.